The predicted molar refractivity (Wildman–Crippen MR) is 87.1 cm³/mol. The molecule has 0 saturated carbocycles. The molecule has 0 unspecified atom stereocenters. The van der Waals surface area contributed by atoms with Crippen molar-refractivity contribution in [3.05, 3.63) is 35.6 Å². The summed E-state index contributed by atoms with van der Waals surface area (Å²) in [5, 5.41) is 10.0. The molecule has 2 aliphatic rings. The van der Waals surface area contributed by atoms with E-state index in [-0.39, 0.29) is 11.8 Å². The molecule has 0 aliphatic carbocycles. The first-order valence-electron chi connectivity index (χ1n) is 8.11. The number of nitrogens with one attached hydrogen (secondary N) is 2. The predicted octanol–water partition coefficient (Wildman–Crippen LogP) is 2.47. The molecule has 24 heavy (non-hydrogen) atoms. The van der Waals surface area contributed by atoms with E-state index in [1.54, 1.807) is 25.1 Å². The number of halogens is 1. The molecule has 0 bridgehead atoms. The molecule has 0 radical (unpaired) electrons. The second kappa shape index (κ2) is 5.90. The molecular formula is C17H19FN4O2. The average molecular weight is 330 g/mol. The summed E-state index contributed by atoms with van der Waals surface area (Å²) < 4.78 is 19.2. The maximum atomic E-state index is 13.9. The van der Waals surface area contributed by atoms with Gasteiger partial charge in [-0.3, -0.25) is 5.32 Å². The van der Waals surface area contributed by atoms with Gasteiger partial charge in [-0.25, -0.2) is 9.18 Å². The summed E-state index contributed by atoms with van der Waals surface area (Å²) in [5.74, 6) is 1.36. The molecule has 4 rings (SSSR count). The molecule has 2 saturated heterocycles. The normalized spacial score (nSPS) is 22.7. The summed E-state index contributed by atoms with van der Waals surface area (Å²) >= 11 is 0. The van der Waals surface area contributed by atoms with Gasteiger partial charge in [0.15, 0.2) is 11.6 Å². The van der Waals surface area contributed by atoms with Gasteiger partial charge in [0.2, 0.25) is 0 Å². The topological polar surface area (TPSA) is 70.4 Å². The Morgan fingerprint density at radius 2 is 2.04 bits per heavy atom. The van der Waals surface area contributed by atoms with E-state index in [0.29, 0.717) is 34.5 Å². The van der Waals surface area contributed by atoms with Gasteiger partial charge in [0.1, 0.15) is 5.82 Å². The number of urea groups is 1. The molecule has 2 aliphatic heterocycles. The zero-order valence-corrected chi connectivity index (χ0v) is 13.4. The molecule has 126 valence electrons. The molecule has 6 nitrogen and oxygen atoms in total. The average Bonchev–Trinajstić information content (AvgIpc) is 3.24. The van der Waals surface area contributed by atoms with E-state index in [1.165, 1.54) is 6.07 Å². The Hall–Kier alpha value is -2.41. The van der Waals surface area contributed by atoms with Crippen LogP contribution in [0.2, 0.25) is 0 Å². The lowest BCUT2D eigenvalue weighted by Crippen LogP contribution is -2.35. The van der Waals surface area contributed by atoms with Crippen LogP contribution < -0.4 is 10.6 Å². The number of fused-ring (bicyclic) bond motifs is 1. The highest BCUT2D eigenvalue weighted by atomic mass is 19.1. The van der Waals surface area contributed by atoms with Crippen molar-refractivity contribution < 1.29 is 13.7 Å². The van der Waals surface area contributed by atoms with Gasteiger partial charge in [0, 0.05) is 31.7 Å². The minimum Gasteiger partial charge on any atom is -0.354 e. The van der Waals surface area contributed by atoms with Crippen LogP contribution >= 0.6 is 0 Å². The highest BCUT2D eigenvalue weighted by Gasteiger charge is 2.38. The lowest BCUT2D eigenvalue weighted by molar-refractivity contribution is 0.219. The molecule has 7 heteroatoms. The van der Waals surface area contributed by atoms with Gasteiger partial charge in [-0.05, 0) is 30.9 Å². The third-order valence-electron chi connectivity index (χ3n) is 4.94. The number of nitrogens with zero attached hydrogens (tertiary/aromatic N) is 2. The minimum absolute atomic E-state index is 0.180. The van der Waals surface area contributed by atoms with Gasteiger partial charge >= 0.3 is 6.03 Å². The zero-order valence-electron chi connectivity index (χ0n) is 13.4. The fourth-order valence-corrected chi connectivity index (χ4v) is 3.55. The molecule has 2 N–H and O–H groups in total. The van der Waals surface area contributed by atoms with Crippen LogP contribution in [0.4, 0.5) is 15.0 Å². The molecule has 1 aromatic carbocycles. The summed E-state index contributed by atoms with van der Waals surface area (Å²) in [6.07, 6.45) is 0. The Morgan fingerprint density at radius 1 is 1.33 bits per heavy atom. The third-order valence-corrected chi connectivity index (χ3v) is 4.94. The van der Waals surface area contributed by atoms with Crippen molar-refractivity contribution in [3.63, 3.8) is 0 Å². The van der Waals surface area contributed by atoms with E-state index in [1.807, 2.05) is 4.90 Å². The van der Waals surface area contributed by atoms with Gasteiger partial charge in [-0.2, -0.15) is 0 Å². The Kier molecular flexibility index (Phi) is 3.72. The van der Waals surface area contributed by atoms with E-state index in [4.69, 9.17) is 4.52 Å². The molecule has 2 aromatic rings. The van der Waals surface area contributed by atoms with Gasteiger partial charge < -0.3 is 14.7 Å². The van der Waals surface area contributed by atoms with Crippen molar-refractivity contribution in [2.24, 2.45) is 11.8 Å². The first kappa shape index (κ1) is 15.1. The van der Waals surface area contributed by atoms with Crippen LogP contribution in [0.5, 0.6) is 0 Å². The molecule has 2 atom stereocenters. The number of hydrogen-bond donors (Lipinski definition) is 2. The number of benzene rings is 1. The van der Waals surface area contributed by atoms with E-state index in [9.17, 15) is 9.18 Å². The van der Waals surface area contributed by atoms with Crippen LogP contribution in [0.25, 0.3) is 11.3 Å². The number of likely N-dealkylation sites (tertiary alicyclic amines) is 1. The van der Waals surface area contributed by atoms with Crippen molar-refractivity contribution in [1.29, 1.82) is 0 Å². The SMILES string of the molecule is Cc1c(NC(=O)N2C[C@H]3CNC[C@H]3C2)noc1-c1ccccc1F. The monoisotopic (exact) mass is 330 g/mol. The number of amides is 2. The van der Waals surface area contributed by atoms with E-state index >= 15 is 0 Å². The smallest absolute Gasteiger partial charge is 0.323 e. The minimum atomic E-state index is -0.380. The Labute approximate surface area is 139 Å². The van der Waals surface area contributed by atoms with Crippen LogP contribution in [0.15, 0.2) is 28.8 Å². The first-order valence-corrected chi connectivity index (χ1v) is 8.11. The van der Waals surface area contributed by atoms with E-state index in [2.05, 4.69) is 15.8 Å². The summed E-state index contributed by atoms with van der Waals surface area (Å²) in [4.78, 5) is 14.3. The fourth-order valence-electron chi connectivity index (χ4n) is 3.55. The number of aromatic nitrogens is 1. The second-order valence-electron chi connectivity index (χ2n) is 6.48. The molecule has 3 heterocycles. The van der Waals surface area contributed by atoms with Crippen molar-refractivity contribution >= 4 is 11.8 Å². The number of carbonyl (C=O) groups excluding carboxylic acids is 1. The van der Waals surface area contributed by atoms with Gasteiger partial charge in [-0.1, -0.05) is 17.3 Å². The number of carbonyl (C=O) groups is 1. The molecular weight excluding hydrogens is 311 g/mol. The second-order valence-corrected chi connectivity index (χ2v) is 6.48. The summed E-state index contributed by atoms with van der Waals surface area (Å²) in [7, 11) is 0. The molecule has 0 spiro atoms. The highest BCUT2D eigenvalue weighted by Crippen LogP contribution is 2.31. The van der Waals surface area contributed by atoms with Crippen LogP contribution in [-0.4, -0.2) is 42.3 Å². The van der Waals surface area contributed by atoms with Gasteiger partial charge in [0.05, 0.1) is 5.56 Å². The third kappa shape index (κ3) is 2.54. The van der Waals surface area contributed by atoms with Crippen LogP contribution in [-0.2, 0) is 0 Å². The first-order chi connectivity index (χ1) is 11.6. The largest absolute Gasteiger partial charge is 0.354 e. The Balaban J connectivity index is 1.50. The number of hydrogen-bond acceptors (Lipinski definition) is 4. The summed E-state index contributed by atoms with van der Waals surface area (Å²) in [6.45, 7) is 5.20. The summed E-state index contributed by atoms with van der Waals surface area (Å²) in [5.41, 5.74) is 0.958. The number of anilines is 1. The van der Waals surface area contributed by atoms with Gasteiger partial charge in [0.25, 0.3) is 0 Å². The van der Waals surface area contributed by atoms with E-state index in [0.717, 1.165) is 26.2 Å². The fraction of sp³-hybridized carbons (Fsp3) is 0.412. The van der Waals surface area contributed by atoms with Crippen molar-refractivity contribution in [1.82, 2.24) is 15.4 Å². The quantitative estimate of drug-likeness (QED) is 0.887. The van der Waals surface area contributed by atoms with Crippen molar-refractivity contribution in [2.75, 3.05) is 31.5 Å². The van der Waals surface area contributed by atoms with Crippen LogP contribution in [0.1, 0.15) is 5.56 Å². The Morgan fingerprint density at radius 3 is 2.75 bits per heavy atom. The van der Waals surface area contributed by atoms with E-state index < -0.39 is 0 Å². The molecule has 2 amide bonds. The molecule has 2 fully saturated rings. The molecule has 1 aromatic heterocycles. The van der Waals surface area contributed by atoms with Crippen molar-refractivity contribution in [2.45, 2.75) is 6.92 Å². The standard InChI is InChI=1S/C17H19FN4O2/c1-10-15(13-4-2-3-5-14(13)18)24-21-16(10)20-17(23)22-8-11-6-19-7-12(11)9-22/h2-5,11-12,19H,6-9H2,1H3,(H,20,21,23)/t11-,12+. The maximum absolute atomic E-state index is 13.9. The zero-order chi connectivity index (χ0) is 16.7. The lowest BCUT2D eigenvalue weighted by Gasteiger charge is -2.17. The lowest BCUT2D eigenvalue weighted by atomic mass is 10.0. The van der Waals surface area contributed by atoms with Gasteiger partial charge in [-0.15, -0.1) is 0 Å². The van der Waals surface area contributed by atoms with Crippen LogP contribution in [0, 0.1) is 24.6 Å². The van der Waals surface area contributed by atoms with Crippen LogP contribution in [0.3, 0.4) is 0 Å². The summed E-state index contributed by atoms with van der Waals surface area (Å²) in [6, 6.07) is 6.17. The number of rotatable bonds is 2. The highest BCUT2D eigenvalue weighted by molar-refractivity contribution is 5.90. The van der Waals surface area contributed by atoms with Crippen molar-refractivity contribution in [3.8, 4) is 11.3 Å². The maximum Gasteiger partial charge on any atom is 0.323 e. The Bertz CT molecular complexity index is 764.